The van der Waals surface area contributed by atoms with Crippen molar-refractivity contribution in [3.63, 3.8) is 0 Å². The lowest BCUT2D eigenvalue weighted by molar-refractivity contribution is 0.404. The SMILES string of the molecule is CN(C)CCCC=NNc1ccc(CS(=O)(=O)N2CCCC2)cc1. The zero-order valence-corrected chi connectivity index (χ0v) is 15.4. The lowest BCUT2D eigenvalue weighted by Crippen LogP contribution is -2.29. The van der Waals surface area contributed by atoms with Crippen LogP contribution in [0.3, 0.4) is 0 Å². The number of hydrogen-bond donors (Lipinski definition) is 1. The van der Waals surface area contributed by atoms with Crippen molar-refractivity contribution in [1.82, 2.24) is 9.21 Å². The van der Waals surface area contributed by atoms with Crippen LogP contribution in [0.2, 0.25) is 0 Å². The van der Waals surface area contributed by atoms with Gasteiger partial charge in [0.2, 0.25) is 10.0 Å². The van der Waals surface area contributed by atoms with Crippen molar-refractivity contribution >= 4 is 21.9 Å². The van der Waals surface area contributed by atoms with Gasteiger partial charge >= 0.3 is 0 Å². The molecular weight excluding hydrogens is 324 g/mol. The van der Waals surface area contributed by atoms with Crippen molar-refractivity contribution in [3.8, 4) is 0 Å². The third kappa shape index (κ3) is 6.22. The third-order valence-corrected chi connectivity index (χ3v) is 5.83. The monoisotopic (exact) mass is 352 g/mol. The second-order valence-electron chi connectivity index (χ2n) is 6.43. The standard InChI is InChI=1S/C17H28N4O2S/c1-20(2)12-4-3-11-18-19-17-9-7-16(8-10-17)15-24(22,23)21-13-5-6-14-21/h7-11,19H,3-6,12-15H2,1-2H3. The Bertz CT molecular complexity index is 620. The topological polar surface area (TPSA) is 65.0 Å². The molecule has 134 valence electrons. The number of hydrogen-bond acceptors (Lipinski definition) is 5. The van der Waals surface area contributed by atoms with Gasteiger partial charge in [0.05, 0.1) is 11.4 Å². The Morgan fingerprint density at radius 1 is 1.21 bits per heavy atom. The fourth-order valence-electron chi connectivity index (χ4n) is 2.63. The Morgan fingerprint density at radius 2 is 1.88 bits per heavy atom. The second-order valence-corrected chi connectivity index (χ2v) is 8.40. The van der Waals surface area contributed by atoms with E-state index in [9.17, 15) is 8.42 Å². The maximum Gasteiger partial charge on any atom is 0.218 e. The van der Waals surface area contributed by atoms with Crippen LogP contribution in [0.25, 0.3) is 0 Å². The van der Waals surface area contributed by atoms with E-state index in [-0.39, 0.29) is 5.75 Å². The highest BCUT2D eigenvalue weighted by atomic mass is 32.2. The number of rotatable bonds is 9. The smallest absolute Gasteiger partial charge is 0.218 e. The molecule has 0 atom stereocenters. The molecule has 2 rings (SSSR count). The van der Waals surface area contributed by atoms with Gasteiger partial charge in [-0.1, -0.05) is 12.1 Å². The summed E-state index contributed by atoms with van der Waals surface area (Å²) in [5.41, 5.74) is 4.64. The van der Waals surface area contributed by atoms with Crippen LogP contribution < -0.4 is 5.43 Å². The van der Waals surface area contributed by atoms with Crippen molar-refractivity contribution < 1.29 is 8.42 Å². The first-order valence-corrected chi connectivity index (χ1v) is 10.1. The molecule has 1 fully saturated rings. The van der Waals surface area contributed by atoms with Crippen LogP contribution in [0.4, 0.5) is 5.69 Å². The first-order valence-electron chi connectivity index (χ1n) is 8.46. The van der Waals surface area contributed by atoms with Gasteiger partial charge in [-0.05, 0) is 64.0 Å². The summed E-state index contributed by atoms with van der Waals surface area (Å²) in [4.78, 5) is 2.15. The molecule has 0 bridgehead atoms. The molecule has 1 N–H and O–H groups in total. The minimum atomic E-state index is -3.18. The van der Waals surface area contributed by atoms with E-state index >= 15 is 0 Å². The molecule has 7 heteroatoms. The highest BCUT2D eigenvalue weighted by Gasteiger charge is 2.25. The lowest BCUT2D eigenvalue weighted by atomic mass is 10.2. The van der Waals surface area contributed by atoms with Crippen LogP contribution in [0.15, 0.2) is 29.4 Å². The average molecular weight is 353 g/mol. The minimum absolute atomic E-state index is 0.0705. The summed E-state index contributed by atoms with van der Waals surface area (Å²) in [6, 6.07) is 7.42. The Hall–Kier alpha value is -1.44. The molecule has 6 nitrogen and oxygen atoms in total. The summed E-state index contributed by atoms with van der Waals surface area (Å²) in [5, 5.41) is 4.19. The Balaban J connectivity index is 1.79. The molecule has 0 amide bonds. The molecular formula is C17H28N4O2S. The molecule has 1 aromatic carbocycles. The van der Waals surface area contributed by atoms with Gasteiger partial charge in [0, 0.05) is 19.3 Å². The highest BCUT2D eigenvalue weighted by molar-refractivity contribution is 7.88. The van der Waals surface area contributed by atoms with Crippen molar-refractivity contribution in [3.05, 3.63) is 29.8 Å². The van der Waals surface area contributed by atoms with Crippen LogP contribution in [0.5, 0.6) is 0 Å². The minimum Gasteiger partial charge on any atom is -0.309 e. The maximum atomic E-state index is 12.3. The molecule has 0 saturated carbocycles. The predicted molar refractivity (Wildman–Crippen MR) is 99.8 cm³/mol. The normalized spacial score (nSPS) is 16.3. The van der Waals surface area contributed by atoms with Gasteiger partial charge in [0.1, 0.15) is 0 Å². The molecule has 1 heterocycles. The van der Waals surface area contributed by atoms with E-state index in [1.165, 1.54) is 0 Å². The summed E-state index contributed by atoms with van der Waals surface area (Å²) < 4.78 is 26.2. The average Bonchev–Trinajstić information content (AvgIpc) is 3.07. The van der Waals surface area contributed by atoms with E-state index in [4.69, 9.17) is 0 Å². The maximum absolute atomic E-state index is 12.3. The predicted octanol–water partition coefficient (Wildman–Crippen LogP) is 2.35. The summed E-state index contributed by atoms with van der Waals surface area (Å²) in [5.74, 6) is 0.0705. The summed E-state index contributed by atoms with van der Waals surface area (Å²) in [6.45, 7) is 2.36. The molecule has 1 aliphatic rings. The first kappa shape index (κ1) is 18.9. The van der Waals surface area contributed by atoms with Crippen molar-refractivity contribution in [2.75, 3.05) is 39.2 Å². The number of unbranched alkanes of at least 4 members (excludes halogenated alkanes) is 1. The van der Waals surface area contributed by atoms with Gasteiger partial charge in [0.25, 0.3) is 0 Å². The van der Waals surface area contributed by atoms with Crippen molar-refractivity contribution in [1.29, 1.82) is 0 Å². The van der Waals surface area contributed by atoms with Crippen molar-refractivity contribution in [2.24, 2.45) is 5.10 Å². The zero-order valence-electron chi connectivity index (χ0n) is 14.6. The largest absolute Gasteiger partial charge is 0.309 e. The Morgan fingerprint density at radius 3 is 2.50 bits per heavy atom. The molecule has 0 radical (unpaired) electrons. The summed E-state index contributed by atoms with van der Waals surface area (Å²) in [7, 11) is 0.932. The molecule has 0 unspecified atom stereocenters. The molecule has 24 heavy (non-hydrogen) atoms. The van der Waals surface area contributed by atoms with E-state index < -0.39 is 10.0 Å². The molecule has 0 spiro atoms. The molecule has 0 aromatic heterocycles. The number of anilines is 1. The van der Waals surface area contributed by atoms with Gasteiger partial charge < -0.3 is 4.90 Å². The fourth-order valence-corrected chi connectivity index (χ4v) is 4.24. The van der Waals surface area contributed by atoms with Gasteiger partial charge in [0.15, 0.2) is 0 Å². The quantitative estimate of drug-likeness (QED) is 0.421. The van der Waals surface area contributed by atoms with Gasteiger partial charge in [-0.25, -0.2) is 12.7 Å². The van der Waals surface area contributed by atoms with E-state index in [0.717, 1.165) is 43.5 Å². The van der Waals surface area contributed by atoms with Crippen LogP contribution in [0.1, 0.15) is 31.2 Å². The van der Waals surface area contributed by atoms with Crippen LogP contribution in [-0.4, -0.2) is 57.6 Å². The highest BCUT2D eigenvalue weighted by Crippen LogP contribution is 2.18. The van der Waals surface area contributed by atoms with Gasteiger partial charge in [-0.2, -0.15) is 5.10 Å². The molecule has 0 aliphatic carbocycles. The van der Waals surface area contributed by atoms with Gasteiger partial charge in [-0.3, -0.25) is 5.43 Å². The van der Waals surface area contributed by atoms with Crippen molar-refractivity contribution in [2.45, 2.75) is 31.4 Å². The van der Waals surface area contributed by atoms with E-state index in [2.05, 4.69) is 29.5 Å². The third-order valence-electron chi connectivity index (χ3n) is 3.98. The number of sulfonamides is 1. The Labute approximate surface area is 145 Å². The summed E-state index contributed by atoms with van der Waals surface area (Å²) >= 11 is 0. The van der Waals surface area contributed by atoms with E-state index in [1.807, 2.05) is 30.5 Å². The molecule has 1 aromatic rings. The summed E-state index contributed by atoms with van der Waals surface area (Å²) in [6.07, 6.45) is 5.81. The number of nitrogens with one attached hydrogen (secondary N) is 1. The molecule has 1 aliphatic heterocycles. The van der Waals surface area contributed by atoms with Gasteiger partial charge in [-0.15, -0.1) is 0 Å². The fraction of sp³-hybridized carbons (Fsp3) is 0.588. The molecule has 1 saturated heterocycles. The second kappa shape index (κ2) is 9.15. The number of hydrazone groups is 1. The van der Waals surface area contributed by atoms with Crippen LogP contribution >= 0.6 is 0 Å². The number of benzene rings is 1. The van der Waals surface area contributed by atoms with E-state index in [0.29, 0.717) is 13.1 Å². The van der Waals surface area contributed by atoms with Crippen LogP contribution in [-0.2, 0) is 15.8 Å². The number of nitrogens with zero attached hydrogens (tertiary/aromatic N) is 3. The van der Waals surface area contributed by atoms with Crippen LogP contribution in [0, 0.1) is 0 Å². The zero-order chi connectivity index (χ0) is 17.4. The first-order chi connectivity index (χ1) is 11.5. The lowest BCUT2D eigenvalue weighted by Gasteiger charge is -2.15. The van der Waals surface area contributed by atoms with E-state index in [1.54, 1.807) is 4.31 Å². The Kier molecular flexibility index (Phi) is 7.20.